The van der Waals surface area contributed by atoms with Crippen molar-refractivity contribution in [3.63, 3.8) is 0 Å². The zero-order chi connectivity index (χ0) is 16.0. The number of amides is 1. The molecule has 21 heavy (non-hydrogen) atoms. The maximum atomic E-state index is 12.0. The van der Waals surface area contributed by atoms with Crippen molar-refractivity contribution in [1.82, 2.24) is 5.32 Å². The molecule has 0 aliphatic carbocycles. The van der Waals surface area contributed by atoms with Crippen molar-refractivity contribution >= 4 is 28.3 Å². The average molecular weight is 332 g/mol. The molecule has 1 amide bonds. The van der Waals surface area contributed by atoms with Crippen LogP contribution >= 0.6 is 11.6 Å². The van der Waals surface area contributed by atoms with Crippen LogP contribution in [0.25, 0.3) is 0 Å². The van der Waals surface area contributed by atoms with E-state index < -0.39 is 10.8 Å². The van der Waals surface area contributed by atoms with E-state index in [-0.39, 0.29) is 22.8 Å². The van der Waals surface area contributed by atoms with Crippen LogP contribution in [0.2, 0.25) is 5.02 Å². The summed E-state index contributed by atoms with van der Waals surface area (Å²) in [4.78, 5) is 11.9. The van der Waals surface area contributed by atoms with Gasteiger partial charge < -0.3 is 10.1 Å². The number of methoxy groups -OCH3 is 1. The summed E-state index contributed by atoms with van der Waals surface area (Å²) in [6.45, 7) is 6.19. The number of ether oxygens (including phenoxy) is 1. The van der Waals surface area contributed by atoms with Crippen LogP contribution in [0, 0.1) is 5.92 Å². The third-order valence-electron chi connectivity index (χ3n) is 3.35. The van der Waals surface area contributed by atoms with Crippen LogP contribution in [0.4, 0.5) is 0 Å². The molecule has 0 saturated carbocycles. The minimum absolute atomic E-state index is 0.00328. The third-order valence-corrected chi connectivity index (χ3v) is 5.50. The molecular weight excluding hydrogens is 310 g/mol. The molecule has 1 aromatic rings. The molecule has 1 N–H and O–H groups in total. The highest BCUT2D eigenvalue weighted by molar-refractivity contribution is 7.86. The Labute approximate surface area is 133 Å². The van der Waals surface area contributed by atoms with E-state index in [4.69, 9.17) is 16.3 Å². The molecule has 6 heteroatoms. The summed E-state index contributed by atoms with van der Waals surface area (Å²) in [7, 11) is 0.400. The Kier molecular flexibility index (Phi) is 7.18. The van der Waals surface area contributed by atoms with Gasteiger partial charge in [-0.1, -0.05) is 32.4 Å². The number of carbonyl (C=O) groups is 1. The molecule has 0 radical (unpaired) electrons. The van der Waals surface area contributed by atoms with E-state index in [1.165, 1.54) is 0 Å². The number of rotatable bonds is 7. The van der Waals surface area contributed by atoms with Gasteiger partial charge in [0, 0.05) is 33.2 Å². The molecule has 1 aromatic carbocycles. The van der Waals surface area contributed by atoms with Gasteiger partial charge in [0.2, 0.25) is 5.91 Å². The van der Waals surface area contributed by atoms with Crippen LogP contribution in [-0.2, 0) is 22.1 Å². The Morgan fingerprint density at radius 1 is 1.38 bits per heavy atom. The Morgan fingerprint density at radius 3 is 2.62 bits per heavy atom. The fourth-order valence-electron chi connectivity index (χ4n) is 1.69. The Hall–Kier alpha value is -1.07. The fourth-order valence-corrected chi connectivity index (χ4v) is 3.12. The normalized spacial score (nSPS) is 13.8. The van der Waals surface area contributed by atoms with Crippen molar-refractivity contribution in [2.45, 2.75) is 32.6 Å². The molecule has 0 saturated heterocycles. The number of hydrogen-bond donors (Lipinski definition) is 1. The Bertz CT molecular complexity index is 520. The van der Waals surface area contributed by atoms with E-state index in [1.54, 1.807) is 25.3 Å². The molecule has 0 bridgehead atoms. The van der Waals surface area contributed by atoms with Gasteiger partial charge in [-0.15, -0.1) is 0 Å². The summed E-state index contributed by atoms with van der Waals surface area (Å²) >= 11 is 5.93. The van der Waals surface area contributed by atoms with Crippen molar-refractivity contribution in [3.05, 3.63) is 28.8 Å². The molecular formula is C15H22ClNO3S. The largest absolute Gasteiger partial charge is 0.496 e. The van der Waals surface area contributed by atoms with Crippen molar-refractivity contribution < 1.29 is 13.7 Å². The lowest BCUT2D eigenvalue weighted by molar-refractivity contribution is -0.118. The minimum Gasteiger partial charge on any atom is -0.496 e. The molecule has 0 aliphatic heterocycles. The van der Waals surface area contributed by atoms with Gasteiger partial charge in [-0.25, -0.2) is 0 Å². The third kappa shape index (κ3) is 5.67. The van der Waals surface area contributed by atoms with Crippen LogP contribution in [0.1, 0.15) is 26.3 Å². The molecule has 0 aliphatic rings. The lowest BCUT2D eigenvalue weighted by Gasteiger charge is -2.15. The molecule has 0 unspecified atom stereocenters. The standard InChI is InChI=1S/C15H22ClNO3S/c1-10(2)11(3)21(19)9-15(18)17-8-12-7-13(16)5-6-14(12)20-4/h5-7,10-11H,8-9H2,1-4H3,(H,17,18)/t11-,21+/m0/s1. The molecule has 4 nitrogen and oxygen atoms in total. The van der Waals surface area contributed by atoms with Gasteiger partial charge in [0.25, 0.3) is 0 Å². The minimum atomic E-state index is -1.16. The maximum Gasteiger partial charge on any atom is 0.232 e. The molecule has 0 aromatic heterocycles. The SMILES string of the molecule is COc1ccc(Cl)cc1CNC(=O)C[S@@](=O)[C@@H](C)C(C)C. The molecule has 118 valence electrons. The first-order valence-electron chi connectivity index (χ1n) is 6.81. The van der Waals surface area contributed by atoms with Crippen LogP contribution in [0.5, 0.6) is 5.75 Å². The van der Waals surface area contributed by atoms with Crippen molar-refractivity contribution in [3.8, 4) is 5.75 Å². The number of halogens is 1. The molecule has 0 spiro atoms. The van der Waals surface area contributed by atoms with Gasteiger partial charge in [0.05, 0.1) is 7.11 Å². The molecule has 0 fully saturated rings. The van der Waals surface area contributed by atoms with E-state index in [9.17, 15) is 9.00 Å². The highest BCUT2D eigenvalue weighted by Crippen LogP contribution is 2.22. The summed E-state index contributed by atoms with van der Waals surface area (Å²) < 4.78 is 17.2. The zero-order valence-electron chi connectivity index (χ0n) is 12.8. The van der Waals surface area contributed by atoms with E-state index in [2.05, 4.69) is 5.32 Å². The van der Waals surface area contributed by atoms with Crippen molar-refractivity contribution in [2.24, 2.45) is 5.92 Å². The van der Waals surface area contributed by atoms with Crippen LogP contribution in [0.3, 0.4) is 0 Å². The van der Waals surface area contributed by atoms with Gasteiger partial charge in [-0.2, -0.15) is 0 Å². The van der Waals surface area contributed by atoms with Crippen molar-refractivity contribution in [1.29, 1.82) is 0 Å². The smallest absolute Gasteiger partial charge is 0.232 e. The zero-order valence-corrected chi connectivity index (χ0v) is 14.4. The first-order chi connectivity index (χ1) is 9.85. The Balaban J connectivity index is 2.57. The lowest BCUT2D eigenvalue weighted by Crippen LogP contribution is -2.32. The highest BCUT2D eigenvalue weighted by atomic mass is 35.5. The van der Waals surface area contributed by atoms with Crippen LogP contribution in [0.15, 0.2) is 18.2 Å². The summed E-state index contributed by atoms with van der Waals surface area (Å²) in [5, 5.41) is 3.33. The summed E-state index contributed by atoms with van der Waals surface area (Å²) in [5.74, 6) is 0.730. The summed E-state index contributed by atoms with van der Waals surface area (Å²) in [6.07, 6.45) is 0. The topological polar surface area (TPSA) is 55.4 Å². The number of benzene rings is 1. The second-order valence-electron chi connectivity index (χ2n) is 5.21. The van der Waals surface area contributed by atoms with E-state index in [0.717, 1.165) is 5.56 Å². The number of hydrogen-bond acceptors (Lipinski definition) is 3. The van der Waals surface area contributed by atoms with Crippen LogP contribution in [-0.4, -0.2) is 28.2 Å². The lowest BCUT2D eigenvalue weighted by atomic mass is 10.2. The van der Waals surface area contributed by atoms with Gasteiger partial charge in [0.1, 0.15) is 11.5 Å². The monoisotopic (exact) mass is 331 g/mol. The van der Waals surface area contributed by atoms with E-state index >= 15 is 0 Å². The van der Waals surface area contributed by atoms with Gasteiger partial charge >= 0.3 is 0 Å². The fraction of sp³-hybridized carbons (Fsp3) is 0.533. The molecule has 2 atom stereocenters. The molecule has 1 rings (SSSR count). The number of carbonyl (C=O) groups excluding carboxylic acids is 1. The number of nitrogens with one attached hydrogen (secondary N) is 1. The second kappa shape index (κ2) is 8.39. The van der Waals surface area contributed by atoms with E-state index in [0.29, 0.717) is 17.3 Å². The van der Waals surface area contributed by atoms with E-state index in [1.807, 2.05) is 20.8 Å². The Morgan fingerprint density at radius 2 is 2.05 bits per heavy atom. The van der Waals surface area contributed by atoms with Gasteiger partial charge in [-0.05, 0) is 24.1 Å². The quantitative estimate of drug-likeness (QED) is 0.835. The maximum absolute atomic E-state index is 12.0. The predicted octanol–water partition coefficient (Wildman–Crippen LogP) is 2.76. The first-order valence-corrected chi connectivity index (χ1v) is 8.57. The van der Waals surface area contributed by atoms with Crippen molar-refractivity contribution in [2.75, 3.05) is 12.9 Å². The summed E-state index contributed by atoms with van der Waals surface area (Å²) in [6, 6.07) is 5.22. The second-order valence-corrected chi connectivity index (χ2v) is 7.44. The predicted molar refractivity (Wildman–Crippen MR) is 87.2 cm³/mol. The highest BCUT2D eigenvalue weighted by Gasteiger charge is 2.18. The van der Waals surface area contributed by atoms with Gasteiger partial charge in [0.15, 0.2) is 0 Å². The average Bonchev–Trinajstić information content (AvgIpc) is 2.44. The first kappa shape index (κ1) is 18.0. The summed E-state index contributed by atoms with van der Waals surface area (Å²) in [5.41, 5.74) is 0.793. The molecule has 0 heterocycles. The van der Waals surface area contributed by atoms with Gasteiger partial charge in [-0.3, -0.25) is 9.00 Å². The van der Waals surface area contributed by atoms with Crippen LogP contribution < -0.4 is 10.1 Å².